The van der Waals surface area contributed by atoms with Gasteiger partial charge >= 0.3 is 0 Å². The monoisotopic (exact) mass is 350 g/mol. The first-order valence-corrected chi connectivity index (χ1v) is 7.73. The van der Waals surface area contributed by atoms with Crippen LogP contribution in [0.3, 0.4) is 0 Å². The maximum Gasteiger partial charge on any atom is 0.128 e. The third-order valence-corrected chi connectivity index (χ3v) is 4.50. The summed E-state index contributed by atoms with van der Waals surface area (Å²) in [5.74, 6) is -0.178. The van der Waals surface area contributed by atoms with Crippen LogP contribution < -0.4 is 10.6 Å². The first kappa shape index (κ1) is 16.0. The molecule has 2 N–H and O–H groups in total. The fourth-order valence-corrected chi connectivity index (χ4v) is 3.08. The highest BCUT2D eigenvalue weighted by molar-refractivity contribution is 9.10. The van der Waals surface area contributed by atoms with Gasteiger partial charge in [0.05, 0.1) is 6.04 Å². The lowest BCUT2D eigenvalue weighted by molar-refractivity contribution is 0.585. The molecular weight excluding hydrogens is 331 g/mol. The predicted octanol–water partition coefficient (Wildman–Crippen LogP) is 4.81. The van der Waals surface area contributed by atoms with E-state index in [1.807, 2.05) is 56.1 Å². The molecule has 0 spiro atoms. The van der Waals surface area contributed by atoms with Crippen LogP contribution in [0, 0.1) is 5.82 Å². The van der Waals surface area contributed by atoms with Gasteiger partial charge in [-0.1, -0.05) is 40.2 Å². The molecule has 2 aromatic carbocycles. The molecule has 2 aromatic rings. The zero-order chi connectivity index (χ0) is 15.6. The van der Waals surface area contributed by atoms with Crippen molar-refractivity contribution in [3.05, 3.63) is 63.9 Å². The summed E-state index contributed by atoms with van der Waals surface area (Å²) in [5.41, 5.74) is 8.68. The van der Waals surface area contributed by atoms with Crippen LogP contribution in [-0.2, 0) is 0 Å². The molecule has 2 rings (SSSR count). The minimum absolute atomic E-state index is 0.0253. The van der Waals surface area contributed by atoms with E-state index in [1.54, 1.807) is 6.07 Å². The van der Waals surface area contributed by atoms with Crippen LogP contribution in [0.4, 0.5) is 10.1 Å². The summed E-state index contributed by atoms with van der Waals surface area (Å²) in [7, 11) is 1.96. The molecule has 0 aliphatic carbocycles. The Morgan fingerprint density at radius 3 is 2.33 bits per heavy atom. The van der Waals surface area contributed by atoms with Gasteiger partial charge in [-0.3, -0.25) is 0 Å². The Morgan fingerprint density at radius 2 is 1.76 bits per heavy atom. The van der Waals surface area contributed by atoms with Crippen LogP contribution in [0.5, 0.6) is 0 Å². The van der Waals surface area contributed by atoms with Gasteiger partial charge in [-0.05, 0) is 37.6 Å². The molecule has 21 heavy (non-hydrogen) atoms. The third-order valence-electron chi connectivity index (χ3n) is 3.82. The molecule has 0 aliphatic rings. The van der Waals surface area contributed by atoms with Gasteiger partial charge in [-0.2, -0.15) is 0 Å². The zero-order valence-corrected chi connectivity index (χ0v) is 14.1. The predicted molar refractivity (Wildman–Crippen MR) is 90.0 cm³/mol. The quantitative estimate of drug-likeness (QED) is 0.857. The summed E-state index contributed by atoms with van der Waals surface area (Å²) in [6.07, 6.45) is 0. The van der Waals surface area contributed by atoms with E-state index < -0.39 is 0 Å². The number of nitrogens with two attached hydrogens (primary N) is 1. The fourth-order valence-electron chi connectivity index (χ4n) is 2.35. The lowest BCUT2D eigenvalue weighted by Gasteiger charge is -2.28. The highest BCUT2D eigenvalue weighted by Gasteiger charge is 2.17. The molecule has 0 amide bonds. The maximum atomic E-state index is 13.9. The molecule has 0 saturated carbocycles. The SMILES string of the molecule is CC(c1ccccc1F)N(C)c1ccc([C@H](C)N)c(Br)c1. The summed E-state index contributed by atoms with van der Waals surface area (Å²) >= 11 is 3.56. The smallest absolute Gasteiger partial charge is 0.128 e. The highest BCUT2D eigenvalue weighted by atomic mass is 79.9. The van der Waals surface area contributed by atoms with Crippen molar-refractivity contribution in [2.45, 2.75) is 25.9 Å². The van der Waals surface area contributed by atoms with Crippen molar-refractivity contribution < 1.29 is 4.39 Å². The fraction of sp³-hybridized carbons (Fsp3) is 0.294. The second-order valence-corrected chi connectivity index (χ2v) is 6.16. The summed E-state index contributed by atoms with van der Waals surface area (Å²) in [6.45, 7) is 3.94. The number of rotatable bonds is 4. The van der Waals surface area contributed by atoms with Gasteiger partial charge in [-0.25, -0.2) is 4.39 Å². The third kappa shape index (κ3) is 3.44. The molecule has 0 aromatic heterocycles. The molecule has 0 heterocycles. The Hall–Kier alpha value is -1.39. The Balaban J connectivity index is 2.30. The van der Waals surface area contributed by atoms with E-state index in [0.717, 1.165) is 15.7 Å². The van der Waals surface area contributed by atoms with Crippen LogP contribution in [0.25, 0.3) is 0 Å². The maximum absolute atomic E-state index is 13.9. The van der Waals surface area contributed by atoms with Gasteiger partial charge in [0.25, 0.3) is 0 Å². The standard InChI is InChI=1S/C17H20BrFN2/c1-11(20)14-9-8-13(10-16(14)18)21(3)12(2)15-6-4-5-7-17(15)19/h4-12H,20H2,1-3H3/t11-,12?/m0/s1. The summed E-state index contributed by atoms with van der Waals surface area (Å²) in [6, 6.07) is 12.8. The van der Waals surface area contributed by atoms with E-state index in [-0.39, 0.29) is 17.9 Å². The number of halogens is 2. The minimum Gasteiger partial charge on any atom is -0.368 e. The van der Waals surface area contributed by atoms with E-state index in [0.29, 0.717) is 5.56 Å². The number of anilines is 1. The Bertz CT molecular complexity index is 628. The molecule has 0 aliphatic heterocycles. The average Bonchev–Trinajstić information content (AvgIpc) is 2.45. The Morgan fingerprint density at radius 1 is 1.10 bits per heavy atom. The molecule has 0 bridgehead atoms. The van der Waals surface area contributed by atoms with Gasteiger partial charge < -0.3 is 10.6 Å². The van der Waals surface area contributed by atoms with Crippen LogP contribution in [0.15, 0.2) is 46.9 Å². The highest BCUT2D eigenvalue weighted by Crippen LogP contribution is 2.31. The number of nitrogens with zero attached hydrogens (tertiary/aromatic N) is 1. The summed E-state index contributed by atoms with van der Waals surface area (Å²) in [4.78, 5) is 2.05. The molecular formula is C17H20BrFN2. The molecule has 4 heteroatoms. The average molecular weight is 351 g/mol. The van der Waals surface area contributed by atoms with Gasteiger partial charge in [0, 0.05) is 28.8 Å². The second kappa shape index (κ2) is 6.58. The molecule has 2 atom stereocenters. The minimum atomic E-state index is -0.178. The van der Waals surface area contributed by atoms with E-state index in [4.69, 9.17) is 5.73 Å². The Kier molecular flexibility index (Phi) is 5.01. The van der Waals surface area contributed by atoms with Crippen LogP contribution >= 0.6 is 15.9 Å². The number of benzene rings is 2. The second-order valence-electron chi connectivity index (χ2n) is 5.30. The van der Waals surface area contributed by atoms with Crippen LogP contribution in [0.1, 0.15) is 37.1 Å². The topological polar surface area (TPSA) is 29.3 Å². The summed E-state index contributed by atoms with van der Waals surface area (Å²) in [5, 5.41) is 0. The van der Waals surface area contributed by atoms with E-state index >= 15 is 0 Å². The van der Waals surface area contributed by atoms with Crippen molar-refractivity contribution in [3.63, 3.8) is 0 Å². The zero-order valence-electron chi connectivity index (χ0n) is 12.5. The Labute approximate surface area is 133 Å². The van der Waals surface area contributed by atoms with Crippen LogP contribution in [0.2, 0.25) is 0 Å². The van der Waals surface area contributed by atoms with Crippen molar-refractivity contribution in [1.29, 1.82) is 0 Å². The van der Waals surface area contributed by atoms with Gasteiger partial charge in [-0.15, -0.1) is 0 Å². The van der Waals surface area contributed by atoms with Crippen molar-refractivity contribution in [3.8, 4) is 0 Å². The van der Waals surface area contributed by atoms with E-state index in [9.17, 15) is 4.39 Å². The van der Waals surface area contributed by atoms with Crippen molar-refractivity contribution in [2.24, 2.45) is 5.73 Å². The molecule has 0 saturated heterocycles. The molecule has 2 nitrogen and oxygen atoms in total. The van der Waals surface area contributed by atoms with Gasteiger partial charge in [0.15, 0.2) is 0 Å². The summed E-state index contributed by atoms with van der Waals surface area (Å²) < 4.78 is 14.9. The molecule has 0 radical (unpaired) electrons. The largest absolute Gasteiger partial charge is 0.368 e. The van der Waals surface area contributed by atoms with Crippen molar-refractivity contribution >= 4 is 21.6 Å². The van der Waals surface area contributed by atoms with Gasteiger partial charge in [0.2, 0.25) is 0 Å². The van der Waals surface area contributed by atoms with Gasteiger partial charge in [0.1, 0.15) is 5.82 Å². The number of hydrogen-bond acceptors (Lipinski definition) is 2. The lowest BCUT2D eigenvalue weighted by atomic mass is 10.0. The number of hydrogen-bond donors (Lipinski definition) is 1. The van der Waals surface area contributed by atoms with E-state index in [1.165, 1.54) is 6.07 Å². The molecule has 0 fully saturated rings. The molecule has 112 valence electrons. The van der Waals surface area contributed by atoms with E-state index in [2.05, 4.69) is 15.9 Å². The lowest BCUT2D eigenvalue weighted by Crippen LogP contribution is -2.22. The first-order chi connectivity index (χ1) is 9.91. The van der Waals surface area contributed by atoms with Crippen molar-refractivity contribution in [2.75, 3.05) is 11.9 Å². The molecule has 1 unspecified atom stereocenters. The normalized spacial score (nSPS) is 13.8. The first-order valence-electron chi connectivity index (χ1n) is 6.94. The van der Waals surface area contributed by atoms with Crippen molar-refractivity contribution in [1.82, 2.24) is 0 Å². The van der Waals surface area contributed by atoms with Crippen LogP contribution in [-0.4, -0.2) is 7.05 Å².